The number of ether oxygens (including phenoxy) is 2. The molecule has 6 nitrogen and oxygen atoms in total. The first kappa shape index (κ1) is 20.9. The van der Waals surface area contributed by atoms with Crippen molar-refractivity contribution in [3.05, 3.63) is 63.3 Å². The van der Waals surface area contributed by atoms with Crippen molar-refractivity contribution >= 4 is 33.9 Å². The number of nitrogens with zero attached hydrogens (tertiary/aromatic N) is 1. The standard InChI is InChI=1S/C22H23BrN2O4/c1-4-9-25-21(26)18(24-22(25)27)11-16-10-17(23)20(19(12-16)28-3)29-13-15-7-5-14(2)6-8-15/h5-8,10-12H,4,9,13H2,1-3H3,(H,24,27)/b18-11+. The molecule has 0 radical (unpaired) electrons. The molecule has 0 unspecified atom stereocenters. The van der Waals surface area contributed by atoms with Gasteiger partial charge in [0.1, 0.15) is 12.3 Å². The Morgan fingerprint density at radius 2 is 1.90 bits per heavy atom. The highest BCUT2D eigenvalue weighted by Crippen LogP contribution is 2.38. The molecule has 0 aromatic heterocycles. The molecule has 1 aliphatic heterocycles. The Kier molecular flexibility index (Phi) is 6.59. The van der Waals surface area contributed by atoms with Crippen LogP contribution in [0.25, 0.3) is 6.08 Å². The third-order valence-corrected chi connectivity index (χ3v) is 5.07. The molecule has 0 bridgehead atoms. The molecular formula is C22H23BrN2O4. The van der Waals surface area contributed by atoms with Crippen LogP contribution < -0.4 is 14.8 Å². The van der Waals surface area contributed by atoms with Crippen molar-refractivity contribution in [1.29, 1.82) is 0 Å². The number of nitrogens with one attached hydrogen (secondary N) is 1. The Bertz CT molecular complexity index is 954. The lowest BCUT2D eigenvalue weighted by molar-refractivity contribution is -0.122. The minimum absolute atomic E-state index is 0.241. The first-order chi connectivity index (χ1) is 13.9. The van der Waals surface area contributed by atoms with Crippen molar-refractivity contribution in [1.82, 2.24) is 10.2 Å². The smallest absolute Gasteiger partial charge is 0.329 e. The Morgan fingerprint density at radius 1 is 1.17 bits per heavy atom. The number of imide groups is 1. The second-order valence-corrected chi connectivity index (χ2v) is 7.61. The number of aryl methyl sites for hydroxylation is 1. The number of carbonyl (C=O) groups excluding carboxylic acids is 2. The van der Waals surface area contributed by atoms with Gasteiger partial charge in [-0.1, -0.05) is 36.8 Å². The topological polar surface area (TPSA) is 67.9 Å². The molecule has 0 atom stereocenters. The summed E-state index contributed by atoms with van der Waals surface area (Å²) in [5, 5.41) is 2.62. The monoisotopic (exact) mass is 458 g/mol. The number of hydrogen-bond donors (Lipinski definition) is 1. The molecule has 0 spiro atoms. The molecule has 0 aliphatic carbocycles. The summed E-state index contributed by atoms with van der Waals surface area (Å²) in [6.45, 7) is 4.74. The van der Waals surface area contributed by atoms with Crippen LogP contribution in [0.1, 0.15) is 30.0 Å². The number of carbonyl (C=O) groups is 2. The van der Waals surface area contributed by atoms with Gasteiger partial charge in [-0.3, -0.25) is 9.69 Å². The first-order valence-electron chi connectivity index (χ1n) is 9.33. The lowest BCUT2D eigenvalue weighted by Gasteiger charge is -2.14. The van der Waals surface area contributed by atoms with Crippen LogP contribution in [-0.4, -0.2) is 30.5 Å². The van der Waals surface area contributed by atoms with E-state index in [0.717, 1.165) is 5.56 Å². The van der Waals surface area contributed by atoms with E-state index in [1.54, 1.807) is 19.3 Å². The van der Waals surface area contributed by atoms with E-state index in [-0.39, 0.29) is 11.6 Å². The van der Waals surface area contributed by atoms with Gasteiger partial charge in [-0.05, 0) is 58.6 Å². The lowest BCUT2D eigenvalue weighted by Crippen LogP contribution is -2.31. The van der Waals surface area contributed by atoms with Crippen molar-refractivity contribution < 1.29 is 19.1 Å². The van der Waals surface area contributed by atoms with E-state index in [0.29, 0.717) is 41.1 Å². The van der Waals surface area contributed by atoms with Gasteiger partial charge in [0.15, 0.2) is 11.5 Å². The zero-order valence-electron chi connectivity index (χ0n) is 16.6. The molecule has 3 amide bonds. The Balaban J connectivity index is 1.82. The normalized spacial score (nSPS) is 15.0. The second-order valence-electron chi connectivity index (χ2n) is 6.75. The molecule has 0 saturated carbocycles. The van der Waals surface area contributed by atoms with E-state index in [2.05, 4.69) is 21.2 Å². The third-order valence-electron chi connectivity index (χ3n) is 4.48. The van der Waals surface area contributed by atoms with Gasteiger partial charge in [-0.25, -0.2) is 4.79 Å². The van der Waals surface area contributed by atoms with Crippen LogP contribution in [0.2, 0.25) is 0 Å². The van der Waals surface area contributed by atoms with Crippen molar-refractivity contribution in [2.45, 2.75) is 26.9 Å². The minimum atomic E-state index is -0.396. The predicted octanol–water partition coefficient (Wildman–Crippen LogP) is 4.65. The van der Waals surface area contributed by atoms with Gasteiger partial charge in [0.05, 0.1) is 11.6 Å². The van der Waals surface area contributed by atoms with E-state index in [4.69, 9.17) is 9.47 Å². The number of amides is 3. The highest BCUT2D eigenvalue weighted by molar-refractivity contribution is 9.10. The molecular weight excluding hydrogens is 436 g/mol. The zero-order chi connectivity index (χ0) is 21.0. The van der Waals surface area contributed by atoms with Gasteiger partial charge < -0.3 is 14.8 Å². The lowest BCUT2D eigenvalue weighted by atomic mass is 10.1. The molecule has 1 heterocycles. The van der Waals surface area contributed by atoms with E-state index in [1.165, 1.54) is 10.5 Å². The maximum Gasteiger partial charge on any atom is 0.329 e. The number of rotatable bonds is 7. The molecule has 7 heteroatoms. The van der Waals surface area contributed by atoms with Crippen LogP contribution in [-0.2, 0) is 11.4 Å². The maximum atomic E-state index is 12.4. The molecule has 29 heavy (non-hydrogen) atoms. The zero-order valence-corrected chi connectivity index (χ0v) is 18.2. The fourth-order valence-corrected chi connectivity index (χ4v) is 3.54. The Hall–Kier alpha value is -2.80. The molecule has 2 aromatic rings. The fourth-order valence-electron chi connectivity index (χ4n) is 2.97. The largest absolute Gasteiger partial charge is 0.493 e. The van der Waals surface area contributed by atoms with Crippen molar-refractivity contribution in [3.63, 3.8) is 0 Å². The summed E-state index contributed by atoms with van der Waals surface area (Å²) in [5.41, 5.74) is 3.19. The van der Waals surface area contributed by atoms with Gasteiger partial charge in [-0.2, -0.15) is 0 Å². The van der Waals surface area contributed by atoms with Crippen LogP contribution in [0.3, 0.4) is 0 Å². The quantitative estimate of drug-likeness (QED) is 0.484. The maximum absolute atomic E-state index is 12.4. The molecule has 1 saturated heterocycles. The van der Waals surface area contributed by atoms with E-state index >= 15 is 0 Å². The van der Waals surface area contributed by atoms with Crippen LogP contribution >= 0.6 is 15.9 Å². The third kappa shape index (κ3) is 4.79. The fraction of sp³-hybridized carbons (Fsp3) is 0.273. The first-order valence-corrected chi connectivity index (χ1v) is 10.1. The summed E-state index contributed by atoms with van der Waals surface area (Å²) < 4.78 is 12.1. The summed E-state index contributed by atoms with van der Waals surface area (Å²) in [7, 11) is 1.56. The van der Waals surface area contributed by atoms with Crippen LogP contribution in [0.15, 0.2) is 46.6 Å². The number of hydrogen-bond acceptors (Lipinski definition) is 4. The highest BCUT2D eigenvalue weighted by Gasteiger charge is 2.32. The summed E-state index contributed by atoms with van der Waals surface area (Å²) in [4.78, 5) is 25.6. The van der Waals surface area contributed by atoms with E-state index in [1.807, 2.05) is 44.2 Å². The average molecular weight is 459 g/mol. The number of urea groups is 1. The molecule has 1 fully saturated rings. The van der Waals surface area contributed by atoms with Crippen molar-refractivity contribution in [2.24, 2.45) is 0 Å². The van der Waals surface area contributed by atoms with Gasteiger partial charge >= 0.3 is 6.03 Å². The van der Waals surface area contributed by atoms with Gasteiger partial charge in [0.25, 0.3) is 5.91 Å². The second kappa shape index (κ2) is 9.13. The highest BCUT2D eigenvalue weighted by atomic mass is 79.9. The average Bonchev–Trinajstić information content (AvgIpc) is 2.96. The van der Waals surface area contributed by atoms with Gasteiger partial charge in [-0.15, -0.1) is 0 Å². The summed E-state index contributed by atoms with van der Waals surface area (Å²) in [6.07, 6.45) is 2.34. The predicted molar refractivity (Wildman–Crippen MR) is 115 cm³/mol. The number of halogens is 1. The molecule has 3 rings (SSSR count). The molecule has 152 valence electrons. The van der Waals surface area contributed by atoms with Gasteiger partial charge in [0.2, 0.25) is 0 Å². The van der Waals surface area contributed by atoms with E-state index < -0.39 is 6.03 Å². The van der Waals surface area contributed by atoms with Crippen LogP contribution in [0.5, 0.6) is 11.5 Å². The van der Waals surface area contributed by atoms with Crippen molar-refractivity contribution in [2.75, 3.05) is 13.7 Å². The summed E-state index contributed by atoms with van der Waals surface area (Å²) in [5.74, 6) is 0.775. The Morgan fingerprint density at radius 3 is 2.55 bits per heavy atom. The number of benzene rings is 2. The molecule has 1 aliphatic rings. The van der Waals surface area contributed by atoms with Crippen LogP contribution in [0, 0.1) is 6.92 Å². The molecule has 2 aromatic carbocycles. The van der Waals surface area contributed by atoms with Crippen molar-refractivity contribution in [3.8, 4) is 11.5 Å². The Labute approximate surface area is 178 Å². The van der Waals surface area contributed by atoms with Crippen LogP contribution in [0.4, 0.5) is 4.79 Å². The summed E-state index contributed by atoms with van der Waals surface area (Å²) >= 11 is 3.52. The number of methoxy groups -OCH3 is 1. The van der Waals surface area contributed by atoms with Gasteiger partial charge in [0, 0.05) is 6.54 Å². The van der Waals surface area contributed by atoms with E-state index in [9.17, 15) is 9.59 Å². The summed E-state index contributed by atoms with van der Waals surface area (Å²) in [6, 6.07) is 11.3. The molecule has 1 N–H and O–H groups in total. The minimum Gasteiger partial charge on any atom is -0.493 e. The SMILES string of the molecule is CCCN1C(=O)N/C(=C/c2cc(Br)c(OCc3ccc(C)cc3)c(OC)c2)C1=O.